The molecular weight excluding hydrogens is 476 g/mol. The second-order valence-corrected chi connectivity index (χ2v) is 9.07. The lowest BCUT2D eigenvalue weighted by Crippen LogP contribution is -2.29. The Morgan fingerprint density at radius 1 is 1.11 bits per heavy atom. The smallest absolute Gasteiger partial charge is 0.231 e. The number of rotatable bonds is 12. The fraction of sp³-hybridized carbons (Fsp3) is 0.310. The van der Waals surface area contributed by atoms with E-state index in [4.69, 9.17) is 11.6 Å². The summed E-state index contributed by atoms with van der Waals surface area (Å²) in [5.41, 5.74) is 5.75. The van der Waals surface area contributed by atoms with Crippen molar-refractivity contribution in [1.82, 2.24) is 4.90 Å². The minimum Gasteiger partial charge on any atom is -0.395 e. The van der Waals surface area contributed by atoms with Gasteiger partial charge in [0.05, 0.1) is 26.2 Å². The first-order chi connectivity index (χ1) is 17.4. The first-order valence-electron chi connectivity index (χ1n) is 12.0. The van der Waals surface area contributed by atoms with Crippen molar-refractivity contribution in [2.75, 3.05) is 37.7 Å². The third-order valence-electron chi connectivity index (χ3n) is 6.27. The van der Waals surface area contributed by atoms with Gasteiger partial charge in [0.2, 0.25) is 5.91 Å². The summed E-state index contributed by atoms with van der Waals surface area (Å²) < 4.78 is 0. The van der Waals surface area contributed by atoms with Gasteiger partial charge in [0.1, 0.15) is 6.29 Å². The number of nitrogens with zero attached hydrogens (tertiary/aromatic N) is 2. The number of fused-ring (bicyclic) bond motifs is 1. The van der Waals surface area contributed by atoms with Crippen molar-refractivity contribution >= 4 is 29.5 Å². The number of β-amino-alcohol motifs (C(OH)–C–C–N with tert-alkyl or cyclic N) is 1. The number of halogens is 1. The molecule has 0 bridgehead atoms. The van der Waals surface area contributed by atoms with Crippen LogP contribution in [0.4, 0.5) is 5.69 Å². The number of aliphatic hydroxyl groups excluding tert-OH is 2. The summed E-state index contributed by atoms with van der Waals surface area (Å²) in [6, 6.07) is 13.8. The Labute approximate surface area is 217 Å². The average Bonchev–Trinajstić information content (AvgIpc) is 3.18. The summed E-state index contributed by atoms with van der Waals surface area (Å²) in [6.45, 7) is 4.61. The Bertz CT molecular complexity index is 1150. The first-order valence-corrected chi connectivity index (χ1v) is 12.4. The minimum atomic E-state index is -0.132. The zero-order valence-corrected chi connectivity index (χ0v) is 21.5. The second kappa shape index (κ2) is 13.2. The highest BCUT2D eigenvalue weighted by molar-refractivity contribution is 6.30. The molecule has 0 aromatic heterocycles. The monoisotopic (exact) mass is 508 g/mol. The van der Waals surface area contributed by atoms with Gasteiger partial charge in [0, 0.05) is 35.4 Å². The number of anilines is 1. The van der Waals surface area contributed by atoms with Gasteiger partial charge in [-0.05, 0) is 60.4 Å². The summed E-state index contributed by atoms with van der Waals surface area (Å²) in [5.74, 6) is -0.145. The van der Waals surface area contributed by atoms with E-state index in [0.717, 1.165) is 39.9 Å². The zero-order chi connectivity index (χ0) is 26.1. The fourth-order valence-corrected chi connectivity index (χ4v) is 4.67. The molecule has 0 aliphatic carbocycles. The Morgan fingerprint density at radius 3 is 2.47 bits per heavy atom. The molecule has 36 heavy (non-hydrogen) atoms. The molecule has 2 N–H and O–H groups in total. The zero-order valence-electron chi connectivity index (χ0n) is 20.7. The molecule has 0 spiro atoms. The molecule has 3 rings (SSSR count). The molecule has 0 fully saturated rings. The van der Waals surface area contributed by atoms with Gasteiger partial charge in [0.15, 0.2) is 0 Å². The highest BCUT2D eigenvalue weighted by atomic mass is 35.5. The molecule has 6 nitrogen and oxygen atoms in total. The van der Waals surface area contributed by atoms with E-state index in [2.05, 4.69) is 12.1 Å². The molecule has 0 saturated carbocycles. The standard InChI is InChI=1S/C29H33ClN2O4/c1-3-4-22(6-5-21(2)31(13-16-33)14-17-34)29(23-7-10-26(30)11-8-23)24-9-12-27-25(19-24)20-28(36)32(27)15-18-35/h3-12,16,19,29,34-35H,13-15,17-18,20H2,1-2H3/b4-3-,21-5+,22-6+. The number of aldehydes is 1. The molecule has 0 radical (unpaired) electrons. The Hall–Kier alpha value is -3.19. The topological polar surface area (TPSA) is 81.1 Å². The quantitative estimate of drug-likeness (QED) is 0.331. The highest BCUT2D eigenvalue weighted by Crippen LogP contribution is 2.38. The van der Waals surface area contributed by atoms with Crippen LogP contribution in [0.3, 0.4) is 0 Å². The number of amides is 1. The van der Waals surface area contributed by atoms with E-state index in [0.29, 0.717) is 18.0 Å². The largest absolute Gasteiger partial charge is 0.395 e. The normalized spacial score (nSPS) is 14.9. The molecule has 1 aliphatic rings. The van der Waals surface area contributed by atoms with Crippen molar-refractivity contribution in [3.63, 3.8) is 0 Å². The lowest BCUT2D eigenvalue weighted by molar-refractivity contribution is -0.117. The molecule has 1 aliphatic heterocycles. The van der Waals surface area contributed by atoms with Crippen LogP contribution in [-0.2, 0) is 16.0 Å². The van der Waals surface area contributed by atoms with Crippen LogP contribution in [-0.4, -0.2) is 60.2 Å². The maximum Gasteiger partial charge on any atom is 0.231 e. The highest BCUT2D eigenvalue weighted by Gasteiger charge is 2.28. The molecule has 1 unspecified atom stereocenters. The molecule has 1 heterocycles. The maximum atomic E-state index is 12.5. The Morgan fingerprint density at radius 2 is 1.83 bits per heavy atom. The predicted molar refractivity (Wildman–Crippen MR) is 144 cm³/mol. The Kier molecular flexibility index (Phi) is 10.1. The number of carbonyl (C=O) groups is 2. The Balaban J connectivity index is 2.10. The van der Waals surface area contributed by atoms with Crippen molar-refractivity contribution in [2.45, 2.75) is 26.2 Å². The molecule has 2 aromatic carbocycles. The number of hydrogen-bond acceptors (Lipinski definition) is 5. The summed E-state index contributed by atoms with van der Waals surface area (Å²) in [7, 11) is 0. The van der Waals surface area contributed by atoms with E-state index in [1.807, 2.05) is 73.4 Å². The van der Waals surface area contributed by atoms with Gasteiger partial charge in [-0.1, -0.05) is 54.1 Å². The van der Waals surface area contributed by atoms with E-state index in [9.17, 15) is 19.8 Å². The SMILES string of the molecule is C\C=C/C(=C\C=C(/C)N(CC=O)CCO)C(c1ccc(Cl)cc1)c1ccc2c(c1)CC(=O)N2CCO. The van der Waals surface area contributed by atoms with Crippen molar-refractivity contribution in [3.05, 3.63) is 99.8 Å². The van der Waals surface area contributed by atoms with E-state index in [1.54, 1.807) is 4.90 Å². The minimum absolute atomic E-state index is 0.0128. The van der Waals surface area contributed by atoms with Gasteiger partial charge in [-0.25, -0.2) is 0 Å². The van der Waals surface area contributed by atoms with Crippen LogP contribution in [0.1, 0.15) is 36.5 Å². The number of allylic oxidation sites excluding steroid dienone is 6. The van der Waals surface area contributed by atoms with Gasteiger partial charge in [0.25, 0.3) is 0 Å². The molecule has 2 aromatic rings. The van der Waals surface area contributed by atoms with Crippen LogP contribution in [0.5, 0.6) is 0 Å². The molecule has 0 saturated heterocycles. The third-order valence-corrected chi connectivity index (χ3v) is 6.52. The fourth-order valence-electron chi connectivity index (χ4n) is 4.55. The summed E-state index contributed by atoms with van der Waals surface area (Å²) >= 11 is 6.18. The predicted octanol–water partition coefficient (Wildman–Crippen LogP) is 4.25. The van der Waals surface area contributed by atoms with Gasteiger partial charge >= 0.3 is 0 Å². The van der Waals surface area contributed by atoms with Crippen molar-refractivity contribution < 1.29 is 19.8 Å². The summed E-state index contributed by atoms with van der Waals surface area (Å²) in [6.07, 6.45) is 9.15. The van der Waals surface area contributed by atoms with Crippen LogP contribution < -0.4 is 4.90 Å². The molecular formula is C29H33ClN2O4. The van der Waals surface area contributed by atoms with Crippen LogP contribution in [0.2, 0.25) is 5.02 Å². The van der Waals surface area contributed by atoms with Gasteiger partial charge in [-0.3, -0.25) is 4.79 Å². The summed E-state index contributed by atoms with van der Waals surface area (Å²) in [4.78, 5) is 27.1. The van der Waals surface area contributed by atoms with Gasteiger partial charge in [-0.2, -0.15) is 0 Å². The summed E-state index contributed by atoms with van der Waals surface area (Å²) in [5, 5.41) is 19.4. The third kappa shape index (κ3) is 6.52. The van der Waals surface area contributed by atoms with Crippen LogP contribution >= 0.6 is 11.6 Å². The lowest BCUT2D eigenvalue weighted by Gasteiger charge is -2.23. The second-order valence-electron chi connectivity index (χ2n) is 8.63. The maximum absolute atomic E-state index is 12.5. The van der Waals surface area contributed by atoms with E-state index in [1.165, 1.54) is 0 Å². The van der Waals surface area contributed by atoms with Crippen molar-refractivity contribution in [1.29, 1.82) is 0 Å². The van der Waals surface area contributed by atoms with E-state index < -0.39 is 0 Å². The first kappa shape index (κ1) is 27.4. The van der Waals surface area contributed by atoms with E-state index >= 15 is 0 Å². The number of aliphatic hydroxyl groups is 2. The molecule has 190 valence electrons. The van der Waals surface area contributed by atoms with Crippen LogP contribution in [0.25, 0.3) is 0 Å². The number of benzene rings is 2. The van der Waals surface area contributed by atoms with Crippen molar-refractivity contribution in [2.24, 2.45) is 0 Å². The van der Waals surface area contributed by atoms with Gasteiger partial charge in [-0.15, -0.1) is 0 Å². The number of carbonyl (C=O) groups excluding carboxylic acids is 2. The van der Waals surface area contributed by atoms with Crippen LogP contribution in [0.15, 0.2) is 78.0 Å². The van der Waals surface area contributed by atoms with Crippen LogP contribution in [0, 0.1) is 0 Å². The lowest BCUT2D eigenvalue weighted by atomic mass is 9.83. The van der Waals surface area contributed by atoms with Crippen molar-refractivity contribution in [3.8, 4) is 0 Å². The molecule has 1 atom stereocenters. The van der Waals surface area contributed by atoms with E-state index in [-0.39, 0.29) is 38.1 Å². The number of hydrogen-bond donors (Lipinski definition) is 2. The molecule has 7 heteroatoms. The molecule has 1 amide bonds. The average molecular weight is 509 g/mol. The van der Waals surface area contributed by atoms with Gasteiger partial charge < -0.3 is 24.8 Å².